The smallest absolute Gasteiger partial charge is 0.263 e. The molecule has 0 aromatic carbocycles. The summed E-state index contributed by atoms with van der Waals surface area (Å²) in [5.41, 5.74) is 2.91. The fourth-order valence-corrected chi connectivity index (χ4v) is 5.48. The van der Waals surface area contributed by atoms with E-state index in [-0.39, 0.29) is 5.56 Å². The van der Waals surface area contributed by atoms with Crippen molar-refractivity contribution in [1.82, 2.24) is 9.55 Å². The number of allylic oxidation sites excluding steroid dienone is 2. The van der Waals surface area contributed by atoms with Gasteiger partial charge < -0.3 is 4.98 Å². The minimum absolute atomic E-state index is 0.125. The molecule has 4 rings (SSSR count). The molecular weight excluding hydrogens is 324 g/mol. The van der Waals surface area contributed by atoms with E-state index in [1.54, 1.807) is 15.9 Å². The van der Waals surface area contributed by atoms with Crippen LogP contribution in [0.1, 0.15) is 55.4 Å². The molecule has 2 aliphatic carbocycles. The summed E-state index contributed by atoms with van der Waals surface area (Å²) in [6.07, 6.45) is 12.9. The first kappa shape index (κ1) is 15.3. The summed E-state index contributed by atoms with van der Waals surface area (Å²) in [5.74, 6) is 0. The van der Waals surface area contributed by atoms with Gasteiger partial charge in [-0.05, 0) is 75.6 Å². The van der Waals surface area contributed by atoms with Crippen LogP contribution in [0.25, 0.3) is 10.2 Å². The van der Waals surface area contributed by atoms with Gasteiger partial charge in [0, 0.05) is 11.4 Å². The lowest BCUT2D eigenvalue weighted by molar-refractivity contribution is 0.605. The lowest BCUT2D eigenvalue weighted by Gasteiger charge is -2.14. The van der Waals surface area contributed by atoms with Gasteiger partial charge in [-0.2, -0.15) is 0 Å². The lowest BCUT2D eigenvalue weighted by atomic mass is 9.97. The Bertz CT molecular complexity index is 885. The number of aromatic nitrogens is 2. The van der Waals surface area contributed by atoms with Crippen molar-refractivity contribution in [3.8, 4) is 0 Å². The maximum absolute atomic E-state index is 13.0. The van der Waals surface area contributed by atoms with Crippen LogP contribution in [-0.4, -0.2) is 9.55 Å². The van der Waals surface area contributed by atoms with Gasteiger partial charge in [0.05, 0.1) is 5.39 Å². The van der Waals surface area contributed by atoms with Crippen molar-refractivity contribution in [3.05, 3.63) is 37.2 Å². The number of hydrogen-bond donors (Lipinski definition) is 1. The summed E-state index contributed by atoms with van der Waals surface area (Å²) in [6.45, 7) is 0.709. The highest BCUT2D eigenvalue weighted by molar-refractivity contribution is 7.71. The van der Waals surface area contributed by atoms with E-state index in [1.807, 2.05) is 0 Å². The van der Waals surface area contributed by atoms with E-state index in [9.17, 15) is 4.79 Å². The second-order valence-electron chi connectivity index (χ2n) is 6.66. The maximum Gasteiger partial charge on any atom is 0.263 e. The van der Waals surface area contributed by atoms with Gasteiger partial charge in [-0.1, -0.05) is 11.6 Å². The number of fused-ring (bicyclic) bond motifs is 3. The van der Waals surface area contributed by atoms with Crippen LogP contribution >= 0.6 is 23.6 Å². The van der Waals surface area contributed by atoms with Crippen LogP contribution in [0.2, 0.25) is 0 Å². The number of nitrogens with one attached hydrogen (secondary N) is 1. The van der Waals surface area contributed by atoms with Gasteiger partial charge in [0.1, 0.15) is 4.83 Å². The number of rotatable bonds is 3. The monoisotopic (exact) mass is 346 g/mol. The Balaban J connectivity index is 1.73. The highest BCUT2D eigenvalue weighted by atomic mass is 32.1. The molecule has 0 bridgehead atoms. The zero-order valence-electron chi connectivity index (χ0n) is 13.3. The molecule has 0 saturated carbocycles. The molecule has 0 aliphatic heterocycles. The highest BCUT2D eigenvalue weighted by Crippen LogP contribution is 2.33. The van der Waals surface area contributed by atoms with E-state index in [1.165, 1.54) is 54.5 Å². The van der Waals surface area contributed by atoms with Crippen molar-refractivity contribution < 1.29 is 0 Å². The summed E-state index contributed by atoms with van der Waals surface area (Å²) < 4.78 is 2.37. The van der Waals surface area contributed by atoms with Crippen molar-refractivity contribution in [2.45, 2.75) is 64.3 Å². The highest BCUT2D eigenvalue weighted by Gasteiger charge is 2.20. The Morgan fingerprint density at radius 2 is 2.00 bits per heavy atom. The van der Waals surface area contributed by atoms with E-state index >= 15 is 0 Å². The first-order valence-corrected chi connectivity index (χ1v) is 9.92. The van der Waals surface area contributed by atoms with Crippen LogP contribution in [0, 0.1) is 4.77 Å². The first-order chi connectivity index (χ1) is 11.2. The number of thiophene rings is 1. The van der Waals surface area contributed by atoms with Crippen molar-refractivity contribution in [2.24, 2.45) is 0 Å². The third-order valence-electron chi connectivity index (χ3n) is 5.14. The van der Waals surface area contributed by atoms with Crippen LogP contribution in [0.3, 0.4) is 0 Å². The Kier molecular flexibility index (Phi) is 4.24. The molecule has 0 radical (unpaired) electrons. The van der Waals surface area contributed by atoms with Gasteiger partial charge in [-0.25, -0.2) is 0 Å². The van der Waals surface area contributed by atoms with Gasteiger partial charge in [-0.15, -0.1) is 11.3 Å². The summed E-state index contributed by atoms with van der Waals surface area (Å²) in [6, 6.07) is 0. The molecular formula is C18H22N2OS2. The minimum Gasteiger partial charge on any atom is -0.323 e. The normalized spacial score (nSPS) is 18.0. The van der Waals surface area contributed by atoms with Crippen LogP contribution in [0.4, 0.5) is 0 Å². The van der Waals surface area contributed by atoms with Crippen LogP contribution in [0.5, 0.6) is 0 Å². The summed E-state index contributed by atoms with van der Waals surface area (Å²) >= 11 is 7.21. The second kappa shape index (κ2) is 6.36. The second-order valence-corrected chi connectivity index (χ2v) is 8.15. The average Bonchev–Trinajstić information content (AvgIpc) is 2.93. The van der Waals surface area contributed by atoms with E-state index < -0.39 is 0 Å². The van der Waals surface area contributed by atoms with E-state index in [2.05, 4.69) is 11.1 Å². The zero-order chi connectivity index (χ0) is 15.8. The summed E-state index contributed by atoms with van der Waals surface area (Å²) in [4.78, 5) is 18.7. The predicted octanol–water partition coefficient (Wildman–Crippen LogP) is 4.89. The molecule has 2 aromatic heterocycles. The molecule has 2 aromatic rings. The quantitative estimate of drug-likeness (QED) is 0.635. The third-order valence-corrected chi connectivity index (χ3v) is 6.67. The molecule has 0 amide bonds. The molecule has 2 aliphatic rings. The number of aryl methyl sites for hydroxylation is 2. The molecule has 5 heteroatoms. The molecule has 0 atom stereocenters. The van der Waals surface area contributed by atoms with Gasteiger partial charge in [0.25, 0.3) is 5.56 Å². The number of H-pyrrole nitrogens is 1. The molecule has 0 fully saturated rings. The predicted molar refractivity (Wildman–Crippen MR) is 99.1 cm³/mol. The Labute approximate surface area is 145 Å². The van der Waals surface area contributed by atoms with Crippen LogP contribution < -0.4 is 5.56 Å². The van der Waals surface area contributed by atoms with Crippen LogP contribution in [0.15, 0.2) is 16.4 Å². The van der Waals surface area contributed by atoms with Gasteiger partial charge in [0.15, 0.2) is 4.77 Å². The van der Waals surface area contributed by atoms with Gasteiger partial charge in [0.2, 0.25) is 0 Å². The van der Waals surface area contributed by atoms with Crippen molar-refractivity contribution in [3.63, 3.8) is 0 Å². The largest absolute Gasteiger partial charge is 0.323 e. The Morgan fingerprint density at radius 1 is 1.17 bits per heavy atom. The molecule has 3 nitrogen and oxygen atoms in total. The molecule has 2 heterocycles. The molecule has 0 saturated heterocycles. The lowest BCUT2D eigenvalue weighted by Crippen LogP contribution is -2.23. The van der Waals surface area contributed by atoms with E-state index in [4.69, 9.17) is 12.2 Å². The van der Waals surface area contributed by atoms with E-state index in [0.29, 0.717) is 11.3 Å². The topological polar surface area (TPSA) is 37.8 Å². The summed E-state index contributed by atoms with van der Waals surface area (Å²) in [5, 5.41) is 0.913. The SMILES string of the molecule is O=c1c2c3c(sc2[nH]c(=S)n1CCC1=CCCCC1)CCCC3. The molecule has 122 valence electrons. The Hall–Kier alpha value is -1.20. The standard InChI is InChI=1S/C18H22N2OS2/c21-17-15-13-8-4-5-9-14(13)23-16(15)19-18(22)20(17)11-10-12-6-2-1-3-7-12/h6H,1-5,7-11H2,(H,19,22). The van der Waals surface area contributed by atoms with Gasteiger partial charge in [-0.3, -0.25) is 9.36 Å². The molecule has 1 N–H and O–H groups in total. The first-order valence-electron chi connectivity index (χ1n) is 8.69. The fourth-order valence-electron chi connectivity index (χ4n) is 3.86. The van der Waals surface area contributed by atoms with Gasteiger partial charge >= 0.3 is 0 Å². The Morgan fingerprint density at radius 3 is 2.83 bits per heavy atom. The minimum atomic E-state index is 0.125. The number of nitrogens with zero attached hydrogens (tertiary/aromatic N) is 1. The number of hydrogen-bond acceptors (Lipinski definition) is 3. The molecule has 0 unspecified atom stereocenters. The van der Waals surface area contributed by atoms with E-state index in [0.717, 1.165) is 29.5 Å². The zero-order valence-corrected chi connectivity index (χ0v) is 15.0. The number of aromatic amines is 1. The molecule has 23 heavy (non-hydrogen) atoms. The fraction of sp³-hybridized carbons (Fsp3) is 0.556. The van der Waals surface area contributed by atoms with Crippen molar-refractivity contribution in [1.29, 1.82) is 0 Å². The van der Waals surface area contributed by atoms with Crippen molar-refractivity contribution in [2.75, 3.05) is 0 Å². The van der Waals surface area contributed by atoms with Crippen molar-refractivity contribution >= 4 is 33.8 Å². The third kappa shape index (κ3) is 2.85. The average molecular weight is 347 g/mol. The summed E-state index contributed by atoms with van der Waals surface area (Å²) in [7, 11) is 0. The van der Waals surface area contributed by atoms with Crippen LogP contribution in [-0.2, 0) is 19.4 Å². The maximum atomic E-state index is 13.0. The molecule has 0 spiro atoms.